The zero-order valence-corrected chi connectivity index (χ0v) is 13.1. The molecule has 2 aromatic heterocycles. The van der Waals surface area contributed by atoms with E-state index in [-0.39, 0.29) is 0 Å². The molecule has 0 spiro atoms. The van der Waals surface area contributed by atoms with Crippen LogP contribution in [-0.4, -0.2) is 44.3 Å². The van der Waals surface area contributed by atoms with Gasteiger partial charge in [0, 0.05) is 18.9 Å². The molecule has 114 valence electrons. The zero-order chi connectivity index (χ0) is 15.1. The number of hydrogen-bond donors (Lipinski definition) is 1. The molecule has 21 heavy (non-hydrogen) atoms. The lowest BCUT2D eigenvalue weighted by Crippen LogP contribution is -2.27. The highest BCUT2D eigenvalue weighted by Crippen LogP contribution is 2.07. The molecule has 1 N–H and O–H groups in total. The Morgan fingerprint density at radius 2 is 2.10 bits per heavy atom. The molecule has 6 nitrogen and oxygen atoms in total. The molecular formula is C15H24N6. The Balaban J connectivity index is 1.83. The Labute approximate surface area is 126 Å². The van der Waals surface area contributed by atoms with Crippen LogP contribution < -0.4 is 5.32 Å². The van der Waals surface area contributed by atoms with Crippen molar-refractivity contribution in [3.8, 4) is 0 Å². The number of rotatable bonds is 8. The summed E-state index contributed by atoms with van der Waals surface area (Å²) in [5.74, 6) is 0.796. The van der Waals surface area contributed by atoms with Crippen LogP contribution in [0.1, 0.15) is 25.4 Å². The first-order chi connectivity index (χ1) is 10.2. The predicted molar refractivity (Wildman–Crippen MR) is 84.1 cm³/mol. The van der Waals surface area contributed by atoms with E-state index in [2.05, 4.69) is 39.1 Å². The van der Waals surface area contributed by atoms with Gasteiger partial charge in [-0.15, -0.1) is 0 Å². The maximum Gasteiger partial charge on any atom is 0.125 e. The summed E-state index contributed by atoms with van der Waals surface area (Å²) in [6.07, 6.45) is 5.68. The minimum absolute atomic E-state index is 0.686. The van der Waals surface area contributed by atoms with Crippen LogP contribution in [0, 0.1) is 6.92 Å². The van der Waals surface area contributed by atoms with Crippen LogP contribution in [0.2, 0.25) is 0 Å². The van der Waals surface area contributed by atoms with Gasteiger partial charge in [-0.25, -0.2) is 9.97 Å². The largest absolute Gasteiger partial charge is 0.377 e. The van der Waals surface area contributed by atoms with Crippen LogP contribution in [0.4, 0.5) is 5.69 Å². The number of nitrogens with one attached hydrogen (secondary N) is 1. The zero-order valence-electron chi connectivity index (χ0n) is 13.1. The Morgan fingerprint density at radius 1 is 1.29 bits per heavy atom. The lowest BCUT2D eigenvalue weighted by atomic mass is 10.4. The molecule has 0 atom stereocenters. The number of nitrogens with zero attached hydrogens (tertiary/aromatic N) is 5. The normalized spacial score (nSPS) is 11.0. The van der Waals surface area contributed by atoms with Crippen LogP contribution in [-0.2, 0) is 13.1 Å². The van der Waals surface area contributed by atoms with E-state index >= 15 is 0 Å². The molecule has 2 aromatic rings. The molecule has 0 amide bonds. The SMILES string of the molecule is CCN(CC)CCn1cc(NCc2ccnc(C)n2)cn1. The smallest absolute Gasteiger partial charge is 0.125 e. The van der Waals surface area contributed by atoms with Crippen LogP contribution in [0.3, 0.4) is 0 Å². The quantitative estimate of drug-likeness (QED) is 0.804. The minimum atomic E-state index is 0.686. The molecule has 0 bridgehead atoms. The predicted octanol–water partition coefficient (Wildman–Crippen LogP) is 1.94. The summed E-state index contributed by atoms with van der Waals surface area (Å²) < 4.78 is 1.98. The molecule has 2 rings (SSSR count). The Bertz CT molecular complexity index is 547. The average Bonchev–Trinajstić information content (AvgIpc) is 2.94. The molecule has 0 saturated heterocycles. The maximum atomic E-state index is 4.38. The number of likely N-dealkylation sites (N-methyl/N-ethyl adjacent to an activating group) is 1. The van der Waals surface area contributed by atoms with Gasteiger partial charge in [0.05, 0.1) is 30.7 Å². The molecule has 0 aliphatic carbocycles. The molecule has 0 unspecified atom stereocenters. The molecule has 0 saturated carbocycles. The van der Waals surface area contributed by atoms with Crippen molar-refractivity contribution in [3.05, 3.63) is 36.2 Å². The van der Waals surface area contributed by atoms with Crippen LogP contribution in [0.15, 0.2) is 24.7 Å². The lowest BCUT2D eigenvalue weighted by molar-refractivity contribution is 0.285. The van der Waals surface area contributed by atoms with Gasteiger partial charge >= 0.3 is 0 Å². The molecular weight excluding hydrogens is 264 g/mol. The molecule has 0 aromatic carbocycles. The summed E-state index contributed by atoms with van der Waals surface area (Å²) in [4.78, 5) is 10.9. The number of hydrogen-bond acceptors (Lipinski definition) is 5. The Morgan fingerprint density at radius 3 is 2.81 bits per heavy atom. The van der Waals surface area contributed by atoms with Gasteiger partial charge in [0.25, 0.3) is 0 Å². The summed E-state index contributed by atoms with van der Waals surface area (Å²) in [6.45, 7) is 11.0. The fraction of sp³-hybridized carbons (Fsp3) is 0.533. The van der Waals surface area contributed by atoms with Crippen molar-refractivity contribution in [2.24, 2.45) is 0 Å². The van der Waals surface area contributed by atoms with Crippen LogP contribution in [0.25, 0.3) is 0 Å². The second-order valence-electron chi connectivity index (χ2n) is 4.97. The van der Waals surface area contributed by atoms with E-state index in [1.165, 1.54) is 0 Å². The van der Waals surface area contributed by atoms with Gasteiger partial charge < -0.3 is 10.2 Å². The molecule has 0 aliphatic rings. The van der Waals surface area contributed by atoms with Crippen molar-refractivity contribution < 1.29 is 0 Å². The Hall–Kier alpha value is -1.95. The third kappa shape index (κ3) is 4.82. The van der Waals surface area contributed by atoms with Crippen molar-refractivity contribution in [1.82, 2.24) is 24.6 Å². The second kappa shape index (κ2) is 7.73. The van der Waals surface area contributed by atoms with E-state index < -0.39 is 0 Å². The maximum absolute atomic E-state index is 4.38. The summed E-state index contributed by atoms with van der Waals surface area (Å²) in [5.41, 5.74) is 2.00. The van der Waals surface area contributed by atoms with Gasteiger partial charge in [0.15, 0.2) is 0 Å². The van der Waals surface area contributed by atoms with E-state index in [0.29, 0.717) is 6.54 Å². The summed E-state index contributed by atoms with van der Waals surface area (Å²) in [5, 5.41) is 7.72. The van der Waals surface area contributed by atoms with Crippen molar-refractivity contribution in [3.63, 3.8) is 0 Å². The first-order valence-corrected chi connectivity index (χ1v) is 7.48. The number of aromatic nitrogens is 4. The summed E-state index contributed by atoms with van der Waals surface area (Å²) in [7, 11) is 0. The van der Waals surface area contributed by atoms with Crippen molar-refractivity contribution in [2.45, 2.75) is 33.9 Å². The number of aryl methyl sites for hydroxylation is 1. The van der Waals surface area contributed by atoms with Crippen molar-refractivity contribution >= 4 is 5.69 Å². The Kier molecular flexibility index (Phi) is 5.68. The van der Waals surface area contributed by atoms with Crippen molar-refractivity contribution in [1.29, 1.82) is 0 Å². The van der Waals surface area contributed by atoms with E-state index in [0.717, 1.165) is 43.4 Å². The lowest BCUT2D eigenvalue weighted by Gasteiger charge is -2.17. The van der Waals surface area contributed by atoms with E-state index in [1.54, 1.807) is 6.20 Å². The van der Waals surface area contributed by atoms with Gasteiger partial charge in [-0.3, -0.25) is 4.68 Å². The molecule has 0 radical (unpaired) electrons. The van der Waals surface area contributed by atoms with Crippen LogP contribution >= 0.6 is 0 Å². The minimum Gasteiger partial charge on any atom is -0.377 e. The molecule has 0 aliphatic heterocycles. The first kappa shape index (κ1) is 15.4. The third-order valence-electron chi connectivity index (χ3n) is 3.48. The van der Waals surface area contributed by atoms with Gasteiger partial charge in [-0.1, -0.05) is 13.8 Å². The first-order valence-electron chi connectivity index (χ1n) is 7.48. The summed E-state index contributed by atoms with van der Waals surface area (Å²) >= 11 is 0. The summed E-state index contributed by atoms with van der Waals surface area (Å²) in [6, 6.07) is 1.92. The highest BCUT2D eigenvalue weighted by molar-refractivity contribution is 5.38. The van der Waals surface area contributed by atoms with Gasteiger partial charge in [0.2, 0.25) is 0 Å². The fourth-order valence-electron chi connectivity index (χ4n) is 2.16. The molecule has 2 heterocycles. The standard InChI is InChI=1S/C15H24N6/c1-4-20(5-2)8-9-21-12-15(11-18-21)17-10-14-6-7-16-13(3)19-14/h6-7,11-12,17H,4-5,8-10H2,1-3H3. The van der Waals surface area contributed by atoms with E-state index in [1.807, 2.05) is 30.1 Å². The van der Waals surface area contributed by atoms with Crippen molar-refractivity contribution in [2.75, 3.05) is 25.0 Å². The van der Waals surface area contributed by atoms with Gasteiger partial charge in [-0.2, -0.15) is 5.10 Å². The van der Waals surface area contributed by atoms with E-state index in [4.69, 9.17) is 0 Å². The average molecular weight is 288 g/mol. The van der Waals surface area contributed by atoms with Gasteiger partial charge in [0.1, 0.15) is 5.82 Å². The molecule has 6 heteroatoms. The monoisotopic (exact) mass is 288 g/mol. The third-order valence-corrected chi connectivity index (χ3v) is 3.48. The highest BCUT2D eigenvalue weighted by atomic mass is 15.3. The highest BCUT2D eigenvalue weighted by Gasteiger charge is 2.02. The van der Waals surface area contributed by atoms with E-state index in [9.17, 15) is 0 Å². The topological polar surface area (TPSA) is 58.9 Å². The fourth-order valence-corrected chi connectivity index (χ4v) is 2.16. The van der Waals surface area contributed by atoms with Crippen LogP contribution in [0.5, 0.6) is 0 Å². The second-order valence-corrected chi connectivity index (χ2v) is 4.97. The molecule has 0 fully saturated rings. The van der Waals surface area contributed by atoms with Gasteiger partial charge in [-0.05, 0) is 26.1 Å². The number of anilines is 1.